The maximum absolute atomic E-state index is 12.4. The zero-order valence-electron chi connectivity index (χ0n) is 15.2. The standard InChI is InChI=1S/C19H25N3O3/c1-5-22(19(23)10-8-16-12-20-21(3)13-16)14-15-7-9-17(25-6-2)18(11-15)24-4/h7-13H,5-6,14H2,1-4H3/b10-8+. The Hall–Kier alpha value is -2.76. The van der Waals surface area contributed by atoms with E-state index < -0.39 is 0 Å². The number of hydrogen-bond donors (Lipinski definition) is 0. The van der Waals surface area contributed by atoms with Crippen molar-refractivity contribution >= 4 is 12.0 Å². The third kappa shape index (κ3) is 5.11. The Balaban J connectivity index is 2.07. The van der Waals surface area contributed by atoms with Gasteiger partial charge in [0.15, 0.2) is 11.5 Å². The first-order valence-corrected chi connectivity index (χ1v) is 8.32. The van der Waals surface area contributed by atoms with Crippen molar-refractivity contribution in [2.75, 3.05) is 20.3 Å². The fourth-order valence-electron chi connectivity index (χ4n) is 2.45. The van der Waals surface area contributed by atoms with Crippen LogP contribution in [0.1, 0.15) is 25.0 Å². The Morgan fingerprint density at radius 2 is 2.12 bits per heavy atom. The van der Waals surface area contributed by atoms with Gasteiger partial charge in [0.2, 0.25) is 5.91 Å². The summed E-state index contributed by atoms with van der Waals surface area (Å²) in [5, 5.41) is 4.08. The SMILES string of the molecule is CCOc1ccc(CN(CC)C(=O)/C=C/c2cnn(C)c2)cc1OC. The van der Waals surface area contributed by atoms with Crippen molar-refractivity contribution in [3.05, 3.63) is 47.8 Å². The van der Waals surface area contributed by atoms with Gasteiger partial charge in [-0.3, -0.25) is 9.48 Å². The number of rotatable bonds is 8. The second-order valence-electron chi connectivity index (χ2n) is 5.55. The lowest BCUT2D eigenvalue weighted by Gasteiger charge is -2.20. The average molecular weight is 343 g/mol. The van der Waals surface area contributed by atoms with E-state index in [2.05, 4.69) is 5.10 Å². The van der Waals surface area contributed by atoms with Gasteiger partial charge < -0.3 is 14.4 Å². The minimum absolute atomic E-state index is 0.0424. The van der Waals surface area contributed by atoms with E-state index in [4.69, 9.17) is 9.47 Å². The van der Waals surface area contributed by atoms with Crippen LogP contribution in [0, 0.1) is 0 Å². The third-order valence-corrected chi connectivity index (χ3v) is 3.74. The molecule has 2 aromatic rings. The van der Waals surface area contributed by atoms with Gasteiger partial charge in [0.05, 0.1) is 19.9 Å². The zero-order chi connectivity index (χ0) is 18.2. The van der Waals surface area contributed by atoms with Gasteiger partial charge in [0, 0.05) is 38.0 Å². The molecule has 0 saturated carbocycles. The van der Waals surface area contributed by atoms with E-state index in [-0.39, 0.29) is 5.91 Å². The smallest absolute Gasteiger partial charge is 0.246 e. The van der Waals surface area contributed by atoms with Gasteiger partial charge >= 0.3 is 0 Å². The van der Waals surface area contributed by atoms with Crippen LogP contribution in [-0.4, -0.2) is 40.8 Å². The molecule has 0 spiro atoms. The topological polar surface area (TPSA) is 56.6 Å². The van der Waals surface area contributed by atoms with Gasteiger partial charge in [-0.15, -0.1) is 0 Å². The minimum Gasteiger partial charge on any atom is -0.493 e. The molecule has 0 fully saturated rings. The summed E-state index contributed by atoms with van der Waals surface area (Å²) in [6, 6.07) is 5.74. The number of ether oxygens (including phenoxy) is 2. The second-order valence-corrected chi connectivity index (χ2v) is 5.55. The molecule has 0 unspecified atom stereocenters. The first-order valence-electron chi connectivity index (χ1n) is 8.32. The number of hydrogen-bond acceptors (Lipinski definition) is 4. The molecule has 0 radical (unpaired) electrons. The highest BCUT2D eigenvalue weighted by Gasteiger charge is 2.12. The number of amides is 1. The van der Waals surface area contributed by atoms with Crippen LogP contribution >= 0.6 is 0 Å². The van der Waals surface area contributed by atoms with E-state index in [1.165, 1.54) is 0 Å². The predicted molar refractivity (Wildman–Crippen MR) is 97.5 cm³/mol. The third-order valence-electron chi connectivity index (χ3n) is 3.74. The van der Waals surface area contributed by atoms with Gasteiger partial charge in [-0.1, -0.05) is 6.07 Å². The summed E-state index contributed by atoms with van der Waals surface area (Å²) in [6.45, 7) is 5.59. The Morgan fingerprint density at radius 1 is 1.32 bits per heavy atom. The molecular formula is C19H25N3O3. The van der Waals surface area contributed by atoms with Crippen LogP contribution in [-0.2, 0) is 18.4 Å². The van der Waals surface area contributed by atoms with E-state index >= 15 is 0 Å². The van der Waals surface area contributed by atoms with Crippen molar-refractivity contribution in [3.8, 4) is 11.5 Å². The summed E-state index contributed by atoms with van der Waals surface area (Å²) in [4.78, 5) is 14.2. The maximum Gasteiger partial charge on any atom is 0.246 e. The predicted octanol–water partition coefficient (Wildman–Crippen LogP) is 2.89. The highest BCUT2D eigenvalue weighted by Crippen LogP contribution is 2.28. The van der Waals surface area contributed by atoms with Crippen LogP contribution in [0.15, 0.2) is 36.7 Å². The average Bonchev–Trinajstić information content (AvgIpc) is 3.04. The second kappa shape index (κ2) is 8.92. The van der Waals surface area contributed by atoms with E-state index in [9.17, 15) is 4.79 Å². The molecule has 0 aliphatic heterocycles. The van der Waals surface area contributed by atoms with E-state index in [0.717, 1.165) is 11.1 Å². The molecule has 0 bridgehead atoms. The van der Waals surface area contributed by atoms with Crippen molar-refractivity contribution in [3.63, 3.8) is 0 Å². The molecular weight excluding hydrogens is 318 g/mol. The van der Waals surface area contributed by atoms with Crippen LogP contribution in [0.2, 0.25) is 0 Å². The number of carbonyl (C=O) groups excluding carboxylic acids is 1. The number of methoxy groups -OCH3 is 1. The van der Waals surface area contributed by atoms with Crippen molar-refractivity contribution in [1.29, 1.82) is 0 Å². The lowest BCUT2D eigenvalue weighted by molar-refractivity contribution is -0.126. The van der Waals surface area contributed by atoms with E-state index in [1.54, 1.807) is 35.0 Å². The maximum atomic E-state index is 12.4. The molecule has 1 aromatic heterocycles. The number of benzene rings is 1. The van der Waals surface area contributed by atoms with Crippen LogP contribution in [0.4, 0.5) is 0 Å². The normalized spacial score (nSPS) is 10.9. The van der Waals surface area contributed by atoms with Gasteiger partial charge in [0.25, 0.3) is 0 Å². The molecule has 134 valence electrons. The summed E-state index contributed by atoms with van der Waals surface area (Å²) < 4.78 is 12.6. The molecule has 0 aliphatic rings. The molecule has 6 heteroatoms. The molecule has 25 heavy (non-hydrogen) atoms. The Labute approximate surface area is 148 Å². The molecule has 0 atom stereocenters. The number of carbonyl (C=O) groups is 1. The summed E-state index contributed by atoms with van der Waals surface area (Å²) in [5.41, 5.74) is 1.89. The Kier molecular flexibility index (Phi) is 6.62. The first kappa shape index (κ1) is 18.6. The molecule has 0 saturated heterocycles. The van der Waals surface area contributed by atoms with Crippen molar-refractivity contribution in [1.82, 2.24) is 14.7 Å². The fourth-order valence-corrected chi connectivity index (χ4v) is 2.45. The summed E-state index contributed by atoms with van der Waals surface area (Å²) in [6.07, 6.45) is 6.93. The van der Waals surface area contributed by atoms with Crippen LogP contribution in [0.3, 0.4) is 0 Å². The lowest BCUT2D eigenvalue weighted by atomic mass is 10.2. The molecule has 1 aromatic carbocycles. The van der Waals surface area contributed by atoms with Crippen molar-refractivity contribution in [2.45, 2.75) is 20.4 Å². The summed E-state index contributed by atoms with van der Waals surface area (Å²) in [7, 11) is 3.46. The fraction of sp³-hybridized carbons (Fsp3) is 0.368. The molecule has 6 nitrogen and oxygen atoms in total. The van der Waals surface area contributed by atoms with Crippen LogP contribution in [0.25, 0.3) is 6.08 Å². The lowest BCUT2D eigenvalue weighted by Crippen LogP contribution is -2.28. The highest BCUT2D eigenvalue weighted by atomic mass is 16.5. The quantitative estimate of drug-likeness (QED) is 0.692. The number of aromatic nitrogens is 2. The van der Waals surface area contributed by atoms with Crippen LogP contribution < -0.4 is 9.47 Å². The van der Waals surface area contributed by atoms with Crippen molar-refractivity contribution in [2.24, 2.45) is 7.05 Å². The molecule has 2 rings (SSSR count). The Bertz CT molecular complexity index is 737. The largest absolute Gasteiger partial charge is 0.493 e. The molecule has 0 aliphatic carbocycles. The first-order chi connectivity index (χ1) is 12.1. The van der Waals surface area contributed by atoms with Crippen molar-refractivity contribution < 1.29 is 14.3 Å². The molecule has 1 amide bonds. The molecule has 0 N–H and O–H groups in total. The Morgan fingerprint density at radius 3 is 2.72 bits per heavy atom. The number of aryl methyl sites for hydroxylation is 1. The molecule has 1 heterocycles. The highest BCUT2D eigenvalue weighted by molar-refractivity contribution is 5.91. The monoisotopic (exact) mass is 343 g/mol. The number of nitrogens with zero attached hydrogens (tertiary/aromatic N) is 3. The van der Waals surface area contributed by atoms with Gasteiger partial charge in [-0.05, 0) is 37.6 Å². The summed E-state index contributed by atoms with van der Waals surface area (Å²) in [5.74, 6) is 1.34. The van der Waals surface area contributed by atoms with Gasteiger partial charge in [-0.2, -0.15) is 5.10 Å². The number of likely N-dealkylation sites (N-methyl/N-ethyl adjacent to an activating group) is 1. The zero-order valence-corrected chi connectivity index (χ0v) is 15.2. The van der Waals surface area contributed by atoms with E-state index in [1.807, 2.05) is 45.3 Å². The summed E-state index contributed by atoms with van der Waals surface area (Å²) >= 11 is 0. The van der Waals surface area contributed by atoms with Gasteiger partial charge in [-0.25, -0.2) is 0 Å². The van der Waals surface area contributed by atoms with E-state index in [0.29, 0.717) is 31.2 Å². The van der Waals surface area contributed by atoms with Crippen LogP contribution in [0.5, 0.6) is 11.5 Å². The van der Waals surface area contributed by atoms with Gasteiger partial charge in [0.1, 0.15) is 0 Å². The minimum atomic E-state index is -0.0424.